The number of aromatic nitrogens is 2. The average Bonchev–Trinajstić information content (AvgIpc) is 2.56. The molecule has 1 atom stereocenters. The highest BCUT2D eigenvalue weighted by molar-refractivity contribution is 8.00. The van der Waals surface area contributed by atoms with E-state index in [1.165, 1.54) is 0 Å². The van der Waals surface area contributed by atoms with Crippen molar-refractivity contribution < 1.29 is 4.79 Å². The first kappa shape index (κ1) is 18.7. The minimum Gasteiger partial charge on any atom is -0.325 e. The van der Waals surface area contributed by atoms with Gasteiger partial charge in [0, 0.05) is 5.69 Å². The van der Waals surface area contributed by atoms with Crippen LogP contribution in [0.5, 0.6) is 0 Å². The number of benzene rings is 1. The molecule has 1 aromatic carbocycles. The molecule has 2 rings (SSSR count). The lowest BCUT2D eigenvalue weighted by Gasteiger charge is -2.14. The summed E-state index contributed by atoms with van der Waals surface area (Å²) in [7, 11) is 0. The predicted octanol–water partition coefficient (Wildman–Crippen LogP) is 2.94. The van der Waals surface area contributed by atoms with Crippen LogP contribution in [-0.2, 0) is 11.2 Å². The van der Waals surface area contributed by atoms with E-state index in [1.54, 1.807) is 6.92 Å². The lowest BCUT2D eigenvalue weighted by atomic mass is 10.1. The maximum atomic E-state index is 12.4. The summed E-state index contributed by atoms with van der Waals surface area (Å²) in [6.45, 7) is 7.50. The van der Waals surface area contributed by atoms with E-state index in [-0.39, 0.29) is 11.5 Å². The maximum Gasteiger partial charge on any atom is 0.269 e. The summed E-state index contributed by atoms with van der Waals surface area (Å²) in [5.74, 6) is -0.179. The molecule has 7 heteroatoms. The molecule has 0 fully saturated rings. The number of nitrogens with one attached hydrogen (secondary N) is 2. The molecule has 0 spiro atoms. The number of H-pyrrole nitrogens is 1. The highest BCUT2D eigenvalue weighted by atomic mass is 32.2. The molecule has 1 heterocycles. The van der Waals surface area contributed by atoms with Gasteiger partial charge in [-0.3, -0.25) is 9.59 Å². The van der Waals surface area contributed by atoms with Gasteiger partial charge in [0.05, 0.1) is 10.9 Å². The Morgan fingerprint density at radius 3 is 2.76 bits per heavy atom. The number of carbonyl (C=O) groups excluding carboxylic acids is 1. The van der Waals surface area contributed by atoms with Crippen LogP contribution in [0.25, 0.3) is 0 Å². The number of carbonyl (C=O) groups is 1. The molecule has 0 aliphatic carbocycles. The van der Waals surface area contributed by atoms with Crippen molar-refractivity contribution in [1.82, 2.24) is 9.97 Å². The lowest BCUT2D eigenvalue weighted by Crippen LogP contribution is -2.24. The fraction of sp³-hybridized carbons (Fsp3) is 0.333. The number of thioether (sulfide) groups is 1. The molecular weight excluding hydrogens is 336 g/mol. The van der Waals surface area contributed by atoms with E-state index in [4.69, 9.17) is 5.26 Å². The number of nitrogens with zero attached hydrogens (tertiary/aromatic N) is 2. The van der Waals surface area contributed by atoms with Crippen LogP contribution in [0.15, 0.2) is 28.2 Å². The number of nitriles is 1. The van der Waals surface area contributed by atoms with E-state index >= 15 is 0 Å². The number of hydrogen-bond acceptors (Lipinski definition) is 5. The third-order valence-electron chi connectivity index (χ3n) is 3.72. The summed E-state index contributed by atoms with van der Waals surface area (Å²) < 4.78 is 0. The molecule has 2 N–H and O–H groups in total. The summed E-state index contributed by atoms with van der Waals surface area (Å²) in [5, 5.41) is 11.8. The second-order valence-electron chi connectivity index (χ2n) is 5.73. The Morgan fingerprint density at radius 1 is 1.44 bits per heavy atom. The summed E-state index contributed by atoms with van der Waals surface area (Å²) in [6.07, 6.45) is 0.476. The molecule has 0 saturated carbocycles. The monoisotopic (exact) mass is 356 g/mol. The van der Waals surface area contributed by atoms with Gasteiger partial charge in [-0.05, 0) is 38.8 Å². The highest BCUT2D eigenvalue weighted by Gasteiger charge is 2.18. The van der Waals surface area contributed by atoms with E-state index in [9.17, 15) is 9.59 Å². The molecule has 0 bridgehead atoms. The molecule has 2 aromatic rings. The summed E-state index contributed by atoms with van der Waals surface area (Å²) in [5.41, 5.74) is 2.88. The van der Waals surface area contributed by atoms with E-state index in [1.807, 2.05) is 45.0 Å². The van der Waals surface area contributed by atoms with Crippen molar-refractivity contribution >= 4 is 23.4 Å². The van der Waals surface area contributed by atoms with Crippen molar-refractivity contribution in [3.63, 3.8) is 0 Å². The van der Waals surface area contributed by atoms with Crippen molar-refractivity contribution in [1.29, 1.82) is 5.26 Å². The number of rotatable bonds is 5. The Hall–Kier alpha value is -2.59. The van der Waals surface area contributed by atoms with Gasteiger partial charge in [-0.15, -0.1) is 0 Å². The molecule has 0 saturated heterocycles. The predicted molar refractivity (Wildman–Crippen MR) is 98.8 cm³/mol. The fourth-order valence-electron chi connectivity index (χ4n) is 2.33. The second kappa shape index (κ2) is 7.99. The van der Waals surface area contributed by atoms with E-state index < -0.39 is 10.8 Å². The normalized spacial score (nSPS) is 11.6. The Bertz CT molecular complexity index is 899. The molecule has 0 aliphatic rings. The molecule has 130 valence electrons. The van der Waals surface area contributed by atoms with Crippen LogP contribution in [0.2, 0.25) is 0 Å². The van der Waals surface area contributed by atoms with Crippen molar-refractivity contribution in [3.05, 3.63) is 50.9 Å². The SMILES string of the molecule is CCc1nc(S[C@@H](C)C(=O)Nc2ccc(C)cc2C)[nH]c(=O)c1C#N. The van der Waals surface area contributed by atoms with Crippen LogP contribution in [0.4, 0.5) is 5.69 Å². The smallest absolute Gasteiger partial charge is 0.269 e. The van der Waals surface area contributed by atoms with Gasteiger partial charge in [0.25, 0.3) is 5.56 Å². The van der Waals surface area contributed by atoms with Crippen molar-refractivity contribution in [3.8, 4) is 6.07 Å². The summed E-state index contributed by atoms with van der Waals surface area (Å²) in [6, 6.07) is 7.68. The van der Waals surface area contributed by atoms with Gasteiger partial charge in [0.15, 0.2) is 5.16 Å². The Labute approximate surface area is 150 Å². The summed E-state index contributed by atoms with van der Waals surface area (Å²) >= 11 is 1.15. The number of amides is 1. The number of aryl methyl sites for hydroxylation is 3. The van der Waals surface area contributed by atoms with Crippen molar-refractivity contribution in [2.75, 3.05) is 5.32 Å². The van der Waals surface area contributed by atoms with Crippen LogP contribution >= 0.6 is 11.8 Å². The fourth-order valence-corrected chi connectivity index (χ4v) is 3.15. The minimum absolute atomic E-state index is 0.0271. The zero-order valence-corrected chi connectivity index (χ0v) is 15.5. The van der Waals surface area contributed by atoms with Gasteiger partial charge >= 0.3 is 0 Å². The number of hydrogen-bond donors (Lipinski definition) is 2. The van der Waals surface area contributed by atoms with Gasteiger partial charge in [0.1, 0.15) is 11.6 Å². The second-order valence-corrected chi connectivity index (χ2v) is 7.06. The zero-order valence-electron chi connectivity index (χ0n) is 14.6. The average molecular weight is 356 g/mol. The molecular formula is C18H20N4O2S. The number of aromatic amines is 1. The van der Waals surface area contributed by atoms with Gasteiger partial charge in [-0.1, -0.05) is 36.4 Å². The lowest BCUT2D eigenvalue weighted by molar-refractivity contribution is -0.115. The van der Waals surface area contributed by atoms with Crippen LogP contribution < -0.4 is 10.9 Å². The number of anilines is 1. The molecule has 0 unspecified atom stereocenters. The van der Waals surface area contributed by atoms with Gasteiger partial charge in [-0.2, -0.15) is 5.26 Å². The van der Waals surface area contributed by atoms with Gasteiger partial charge in [-0.25, -0.2) is 4.98 Å². The molecule has 25 heavy (non-hydrogen) atoms. The topological polar surface area (TPSA) is 98.6 Å². The minimum atomic E-state index is -0.473. The first-order chi connectivity index (χ1) is 11.8. The van der Waals surface area contributed by atoms with E-state index in [0.29, 0.717) is 17.3 Å². The van der Waals surface area contributed by atoms with E-state index in [2.05, 4.69) is 15.3 Å². The van der Waals surface area contributed by atoms with Crippen LogP contribution in [0.3, 0.4) is 0 Å². The van der Waals surface area contributed by atoms with Crippen LogP contribution in [0.1, 0.15) is 36.2 Å². The molecule has 6 nitrogen and oxygen atoms in total. The Morgan fingerprint density at radius 2 is 2.16 bits per heavy atom. The molecule has 1 amide bonds. The molecule has 0 radical (unpaired) electrons. The standard InChI is InChI=1S/C18H20N4O2S/c1-5-14-13(9-19)17(24)22-18(21-14)25-12(4)16(23)20-15-7-6-10(2)8-11(15)3/h6-8,12H,5H2,1-4H3,(H,20,23)(H,21,22,24)/t12-/m0/s1. The molecule has 0 aliphatic heterocycles. The maximum absolute atomic E-state index is 12.4. The van der Waals surface area contributed by atoms with Gasteiger partial charge < -0.3 is 10.3 Å². The largest absolute Gasteiger partial charge is 0.325 e. The Kier molecular flexibility index (Phi) is 5.99. The first-order valence-electron chi connectivity index (χ1n) is 7.93. The zero-order chi connectivity index (χ0) is 18.6. The van der Waals surface area contributed by atoms with Gasteiger partial charge in [0.2, 0.25) is 5.91 Å². The quantitative estimate of drug-likeness (QED) is 0.634. The highest BCUT2D eigenvalue weighted by Crippen LogP contribution is 2.22. The van der Waals surface area contributed by atoms with Crippen molar-refractivity contribution in [2.45, 2.75) is 44.5 Å². The first-order valence-corrected chi connectivity index (χ1v) is 8.81. The third kappa shape index (κ3) is 4.48. The van der Waals surface area contributed by atoms with E-state index in [0.717, 1.165) is 28.6 Å². The molecule has 1 aromatic heterocycles. The summed E-state index contributed by atoms with van der Waals surface area (Å²) in [4.78, 5) is 31.2. The van der Waals surface area contributed by atoms with Crippen LogP contribution in [-0.4, -0.2) is 21.1 Å². The third-order valence-corrected chi connectivity index (χ3v) is 4.70. The van der Waals surface area contributed by atoms with Crippen molar-refractivity contribution in [2.24, 2.45) is 0 Å². The Balaban J connectivity index is 2.15. The van der Waals surface area contributed by atoms with Crippen LogP contribution in [0, 0.1) is 25.2 Å².